The smallest absolute Gasteiger partial charge is 0.228 e. The van der Waals surface area contributed by atoms with Gasteiger partial charge in [0.2, 0.25) is 5.91 Å². The third kappa shape index (κ3) is 2.78. The first kappa shape index (κ1) is 15.4. The molecule has 0 fully saturated rings. The summed E-state index contributed by atoms with van der Waals surface area (Å²) in [6.45, 7) is 0. The highest BCUT2D eigenvalue weighted by atomic mass is 16.4. The zero-order valence-corrected chi connectivity index (χ0v) is 13.4. The van der Waals surface area contributed by atoms with Gasteiger partial charge in [0.15, 0.2) is 0 Å². The van der Waals surface area contributed by atoms with Gasteiger partial charge in [-0.2, -0.15) is 0 Å². The fourth-order valence-electron chi connectivity index (χ4n) is 3.40. The van der Waals surface area contributed by atoms with Crippen molar-refractivity contribution in [1.82, 2.24) is 0 Å². The zero-order chi connectivity index (χ0) is 17.4. The van der Waals surface area contributed by atoms with Crippen LogP contribution in [0.1, 0.15) is 12.8 Å². The van der Waals surface area contributed by atoms with E-state index in [1.165, 1.54) is 0 Å². The third-order valence-corrected chi connectivity index (χ3v) is 4.72. The molecule has 0 radical (unpaired) electrons. The van der Waals surface area contributed by atoms with Crippen LogP contribution in [-0.2, 0) is 9.59 Å². The molecule has 1 heterocycles. The van der Waals surface area contributed by atoms with E-state index in [0.29, 0.717) is 24.1 Å². The van der Waals surface area contributed by atoms with Gasteiger partial charge in [-0.1, -0.05) is 30.4 Å². The van der Waals surface area contributed by atoms with Crippen LogP contribution in [0, 0.1) is 11.8 Å². The highest BCUT2D eigenvalue weighted by Crippen LogP contribution is 2.31. The van der Waals surface area contributed by atoms with Crippen LogP contribution in [0.3, 0.4) is 0 Å². The Balaban J connectivity index is 1.61. The molecule has 0 saturated heterocycles. The van der Waals surface area contributed by atoms with E-state index in [-0.39, 0.29) is 5.91 Å². The number of carboxylic acids is 1. The molecule has 3 aromatic rings. The molecule has 1 amide bonds. The molecule has 0 spiro atoms. The Morgan fingerprint density at radius 3 is 2.48 bits per heavy atom. The normalized spacial score (nSPS) is 20.0. The standard InChI is InChI=1S/C20H17NO4/c22-19(15-6-1-2-7-16(15)20(23)24)21-12-9-10-14-13-5-3-4-8-17(13)25-18(14)11-12/h1-5,8-11,15-16H,6-7H2,(H,21,22)(H,23,24)/p-1/t15-,16-/m1/s1. The van der Waals surface area contributed by atoms with Crippen molar-refractivity contribution in [2.24, 2.45) is 11.8 Å². The first-order valence-corrected chi connectivity index (χ1v) is 8.21. The quantitative estimate of drug-likeness (QED) is 0.747. The Hall–Kier alpha value is -3.08. The van der Waals surface area contributed by atoms with E-state index in [0.717, 1.165) is 16.4 Å². The molecule has 0 aliphatic heterocycles. The molecule has 2 aromatic carbocycles. The number of fused-ring (bicyclic) bond motifs is 3. The summed E-state index contributed by atoms with van der Waals surface area (Å²) >= 11 is 0. The number of anilines is 1. The Morgan fingerprint density at radius 1 is 0.960 bits per heavy atom. The summed E-state index contributed by atoms with van der Waals surface area (Å²) < 4.78 is 5.81. The van der Waals surface area contributed by atoms with E-state index in [1.54, 1.807) is 18.2 Å². The van der Waals surface area contributed by atoms with Crippen molar-refractivity contribution >= 4 is 39.5 Å². The minimum absolute atomic E-state index is 0.311. The molecule has 0 saturated carbocycles. The fourth-order valence-corrected chi connectivity index (χ4v) is 3.40. The molecule has 126 valence electrons. The number of benzene rings is 2. The van der Waals surface area contributed by atoms with Gasteiger partial charge in [0.1, 0.15) is 11.2 Å². The molecular formula is C20H16NO4-. The van der Waals surface area contributed by atoms with E-state index in [1.807, 2.05) is 36.4 Å². The predicted octanol–water partition coefficient (Wildman–Crippen LogP) is 2.86. The van der Waals surface area contributed by atoms with Gasteiger partial charge in [0.05, 0.1) is 5.92 Å². The van der Waals surface area contributed by atoms with Gasteiger partial charge >= 0.3 is 0 Å². The van der Waals surface area contributed by atoms with Crippen molar-refractivity contribution in [3.63, 3.8) is 0 Å². The fraction of sp³-hybridized carbons (Fsp3) is 0.200. The number of hydrogen-bond donors (Lipinski definition) is 1. The summed E-state index contributed by atoms with van der Waals surface area (Å²) in [5, 5.41) is 16.1. The summed E-state index contributed by atoms with van der Waals surface area (Å²) in [5.74, 6) is -2.91. The van der Waals surface area contributed by atoms with Crippen LogP contribution in [0.15, 0.2) is 59.0 Å². The van der Waals surface area contributed by atoms with E-state index < -0.39 is 17.8 Å². The Bertz CT molecular complexity index is 1000. The maximum atomic E-state index is 12.5. The predicted molar refractivity (Wildman–Crippen MR) is 92.7 cm³/mol. The lowest BCUT2D eigenvalue weighted by Crippen LogP contribution is -2.41. The maximum Gasteiger partial charge on any atom is 0.228 e. The molecular weight excluding hydrogens is 318 g/mol. The number of furan rings is 1. The second-order valence-corrected chi connectivity index (χ2v) is 6.27. The monoisotopic (exact) mass is 334 g/mol. The summed E-state index contributed by atoms with van der Waals surface area (Å²) in [5.41, 5.74) is 2.05. The molecule has 2 atom stereocenters. The van der Waals surface area contributed by atoms with Crippen molar-refractivity contribution in [3.05, 3.63) is 54.6 Å². The second-order valence-electron chi connectivity index (χ2n) is 6.27. The average Bonchev–Trinajstić information content (AvgIpc) is 2.99. The first-order chi connectivity index (χ1) is 12.1. The van der Waals surface area contributed by atoms with Crippen molar-refractivity contribution in [2.75, 3.05) is 5.32 Å². The minimum atomic E-state index is -1.18. The molecule has 1 N–H and O–H groups in total. The van der Waals surface area contributed by atoms with Crippen LogP contribution in [0.2, 0.25) is 0 Å². The van der Waals surface area contributed by atoms with E-state index in [9.17, 15) is 14.7 Å². The zero-order valence-electron chi connectivity index (χ0n) is 13.4. The summed E-state index contributed by atoms with van der Waals surface area (Å²) in [6.07, 6.45) is 4.34. The maximum absolute atomic E-state index is 12.5. The van der Waals surface area contributed by atoms with Gasteiger partial charge in [-0.3, -0.25) is 4.79 Å². The molecule has 5 nitrogen and oxygen atoms in total. The van der Waals surface area contributed by atoms with Gasteiger partial charge in [0, 0.05) is 34.4 Å². The molecule has 4 rings (SSSR count). The number of carbonyl (C=O) groups excluding carboxylic acids is 2. The lowest BCUT2D eigenvalue weighted by Gasteiger charge is -2.28. The number of carbonyl (C=O) groups is 2. The van der Waals surface area contributed by atoms with Crippen LogP contribution in [0.25, 0.3) is 21.9 Å². The molecule has 25 heavy (non-hydrogen) atoms. The SMILES string of the molecule is O=C([O-])[C@@H]1CC=CC[C@H]1C(=O)Nc1ccc2c(c1)oc1ccccc12. The molecule has 0 bridgehead atoms. The van der Waals surface area contributed by atoms with E-state index >= 15 is 0 Å². The lowest BCUT2D eigenvalue weighted by atomic mass is 9.82. The molecule has 1 aromatic heterocycles. The number of carboxylic acid groups (broad SMARTS) is 1. The van der Waals surface area contributed by atoms with Gasteiger partial charge in [0.25, 0.3) is 0 Å². The van der Waals surface area contributed by atoms with Crippen LogP contribution in [-0.4, -0.2) is 11.9 Å². The molecule has 1 aliphatic rings. The number of aliphatic carboxylic acids is 1. The van der Waals surface area contributed by atoms with Gasteiger partial charge in [-0.05, 0) is 31.0 Å². The molecule has 5 heteroatoms. The lowest BCUT2D eigenvalue weighted by molar-refractivity contribution is -0.313. The number of nitrogens with one attached hydrogen (secondary N) is 1. The third-order valence-electron chi connectivity index (χ3n) is 4.72. The summed E-state index contributed by atoms with van der Waals surface area (Å²) in [4.78, 5) is 23.8. The minimum Gasteiger partial charge on any atom is -0.550 e. The summed E-state index contributed by atoms with van der Waals surface area (Å²) in [6, 6.07) is 13.2. The van der Waals surface area contributed by atoms with E-state index in [4.69, 9.17) is 4.42 Å². The second kappa shape index (κ2) is 6.09. The highest BCUT2D eigenvalue weighted by molar-refractivity contribution is 6.06. The number of hydrogen-bond acceptors (Lipinski definition) is 4. The summed E-state index contributed by atoms with van der Waals surface area (Å²) in [7, 11) is 0. The molecule has 1 aliphatic carbocycles. The largest absolute Gasteiger partial charge is 0.550 e. The van der Waals surface area contributed by atoms with Crippen LogP contribution >= 0.6 is 0 Å². The average molecular weight is 334 g/mol. The number of amides is 1. The highest BCUT2D eigenvalue weighted by Gasteiger charge is 2.29. The Morgan fingerprint density at radius 2 is 1.68 bits per heavy atom. The van der Waals surface area contributed by atoms with E-state index in [2.05, 4.69) is 5.32 Å². The Labute approximate surface area is 143 Å². The van der Waals surface area contributed by atoms with Crippen LogP contribution in [0.5, 0.6) is 0 Å². The first-order valence-electron chi connectivity index (χ1n) is 8.21. The van der Waals surface area contributed by atoms with Crippen molar-refractivity contribution in [2.45, 2.75) is 12.8 Å². The number of allylic oxidation sites excluding steroid dienone is 2. The molecule has 0 unspecified atom stereocenters. The number of rotatable bonds is 3. The van der Waals surface area contributed by atoms with Gasteiger partial charge in [-0.25, -0.2) is 0 Å². The van der Waals surface area contributed by atoms with Gasteiger partial charge < -0.3 is 19.6 Å². The Kier molecular flexibility index (Phi) is 3.76. The number of para-hydroxylation sites is 1. The topological polar surface area (TPSA) is 82.4 Å². The van der Waals surface area contributed by atoms with Gasteiger partial charge in [-0.15, -0.1) is 0 Å². The van der Waals surface area contributed by atoms with Crippen LogP contribution in [0.4, 0.5) is 5.69 Å². The van der Waals surface area contributed by atoms with Crippen LogP contribution < -0.4 is 10.4 Å². The van der Waals surface area contributed by atoms with Crippen molar-refractivity contribution in [3.8, 4) is 0 Å². The van der Waals surface area contributed by atoms with Crippen molar-refractivity contribution in [1.29, 1.82) is 0 Å². The van der Waals surface area contributed by atoms with Crippen molar-refractivity contribution < 1.29 is 19.1 Å².